The van der Waals surface area contributed by atoms with Gasteiger partial charge >= 0.3 is 31.1 Å². The van der Waals surface area contributed by atoms with E-state index < -0.39 is 5.41 Å². The number of rotatable bonds is 1. The molecule has 1 aliphatic heterocycles. The number of allylic oxidation sites excluding steroid dienone is 4. The van der Waals surface area contributed by atoms with Crippen molar-refractivity contribution in [3.05, 3.63) is 185 Å². The quantitative estimate of drug-likeness (QED) is 0.154. The standard InChI is InChI=1S/C45H28N2.U/c1-2-3-13-28-26-29-14-12-22-40-42(29)36-27-30(43-35-19-8-11-23-41(35)46-44(47-43)34-18-5-4-15-31(28)34)24-25-39(36)45(40)37-20-9-6-16-32(37)33-17-7-10-21-38(33)45;/h2-12,14,16-25,27H,26H2,1H3;/q-2;+2/b3-2-;. The van der Waals surface area contributed by atoms with Crippen molar-refractivity contribution >= 4 is 16.5 Å². The fraction of sp³-hybridized carbons (Fsp3) is 0.0667. The Labute approximate surface area is 304 Å². The van der Waals surface area contributed by atoms with Crippen LogP contribution < -0.4 is 0 Å². The number of hydrogen-bond acceptors (Lipinski definition) is 2. The molecule has 3 heteroatoms. The molecule has 1 spiro atoms. The van der Waals surface area contributed by atoms with E-state index in [9.17, 15) is 0 Å². The zero-order valence-corrected chi connectivity index (χ0v) is 30.5. The number of para-hydroxylation sites is 1. The molecule has 0 N–H and O–H groups in total. The van der Waals surface area contributed by atoms with E-state index in [0.717, 1.165) is 38.9 Å². The van der Waals surface area contributed by atoms with Crippen molar-refractivity contribution in [3.63, 3.8) is 0 Å². The molecule has 0 radical (unpaired) electrons. The molecule has 0 atom stereocenters. The van der Waals surface area contributed by atoms with E-state index in [4.69, 9.17) is 9.97 Å². The van der Waals surface area contributed by atoms with Crippen molar-refractivity contribution in [2.45, 2.75) is 18.8 Å². The Hall–Kier alpha value is -4.81. The minimum Gasteiger partial charge on any atom is -0.239 e. The first-order chi connectivity index (χ1) is 23.3. The average molecular weight is 835 g/mol. The van der Waals surface area contributed by atoms with Crippen LogP contribution in [0.15, 0.2) is 140 Å². The zero-order chi connectivity index (χ0) is 31.1. The fourth-order valence-electron chi connectivity index (χ4n) is 8.44. The van der Waals surface area contributed by atoms with Gasteiger partial charge in [-0.1, -0.05) is 110 Å². The molecule has 48 heavy (non-hydrogen) atoms. The second kappa shape index (κ2) is 11.1. The summed E-state index contributed by atoms with van der Waals surface area (Å²) in [5, 5.41) is 1.05. The number of benzene rings is 6. The maximum absolute atomic E-state index is 5.34. The summed E-state index contributed by atoms with van der Waals surface area (Å²) >= 11 is 0. The minimum absolute atomic E-state index is 0. The van der Waals surface area contributed by atoms with Gasteiger partial charge in [0.1, 0.15) is 5.82 Å². The summed E-state index contributed by atoms with van der Waals surface area (Å²) in [6.07, 6.45) is 8.40. The third-order valence-electron chi connectivity index (χ3n) is 10.3. The summed E-state index contributed by atoms with van der Waals surface area (Å²) in [7, 11) is 0. The van der Waals surface area contributed by atoms with Crippen molar-refractivity contribution in [3.8, 4) is 44.9 Å². The Morgan fingerprint density at radius 3 is 2.21 bits per heavy atom. The summed E-state index contributed by atoms with van der Waals surface area (Å²) < 4.78 is 0. The van der Waals surface area contributed by atoms with Gasteiger partial charge in [0.15, 0.2) is 0 Å². The van der Waals surface area contributed by atoms with E-state index in [1.165, 1.54) is 50.1 Å². The van der Waals surface area contributed by atoms with E-state index >= 15 is 0 Å². The van der Waals surface area contributed by atoms with E-state index in [0.29, 0.717) is 12.2 Å². The first-order valence-corrected chi connectivity index (χ1v) is 16.3. The normalized spacial score (nSPS) is 15.1. The van der Waals surface area contributed by atoms with Gasteiger partial charge in [0, 0.05) is 10.9 Å². The molecule has 1 aromatic heterocycles. The Balaban J connectivity index is 0.00000314. The molecular formula is C45H28N2U. The van der Waals surface area contributed by atoms with Crippen LogP contribution in [-0.2, 0) is 11.8 Å². The summed E-state index contributed by atoms with van der Waals surface area (Å²) in [6.45, 7) is 2.04. The van der Waals surface area contributed by atoms with Gasteiger partial charge in [-0.15, -0.1) is 17.7 Å². The first kappa shape index (κ1) is 29.3. The van der Waals surface area contributed by atoms with E-state index in [2.05, 4.69) is 127 Å². The first-order valence-electron chi connectivity index (χ1n) is 16.3. The summed E-state index contributed by atoms with van der Waals surface area (Å²) in [4.78, 5) is 10.5. The predicted octanol–water partition coefficient (Wildman–Crippen LogP) is 10.4. The van der Waals surface area contributed by atoms with Crippen LogP contribution in [0.25, 0.3) is 61.4 Å². The van der Waals surface area contributed by atoms with Crippen LogP contribution in [0.5, 0.6) is 0 Å². The zero-order valence-electron chi connectivity index (χ0n) is 26.4. The van der Waals surface area contributed by atoms with Crippen LogP contribution >= 0.6 is 0 Å². The third kappa shape index (κ3) is 3.93. The SMILES string of the molecule is C/C=C\[C-]=C1Cc2cccc3c2-c2cc(ccc2C32c3ccccc3-c3ccccc32)-c2nc(nc3ccccc23)-c2ccc[c-]c21.[U+2]. The topological polar surface area (TPSA) is 25.8 Å². The molecule has 0 saturated carbocycles. The van der Waals surface area contributed by atoms with E-state index in [-0.39, 0.29) is 31.1 Å². The molecule has 2 heterocycles. The van der Waals surface area contributed by atoms with Crippen LogP contribution in [0.4, 0.5) is 0 Å². The van der Waals surface area contributed by atoms with Crippen LogP contribution in [0.2, 0.25) is 0 Å². The molecule has 10 rings (SSSR count). The molecule has 222 valence electrons. The molecule has 0 saturated heterocycles. The number of aromatic nitrogens is 2. The summed E-state index contributed by atoms with van der Waals surface area (Å²) in [5.74, 6) is 0.704. The Kier molecular flexibility index (Phi) is 6.80. The minimum atomic E-state index is -0.410. The van der Waals surface area contributed by atoms with Crippen LogP contribution in [0.3, 0.4) is 0 Å². The largest absolute Gasteiger partial charge is 2.00 e. The van der Waals surface area contributed by atoms with Crippen LogP contribution in [-0.4, -0.2) is 9.97 Å². The molecule has 3 aliphatic rings. The van der Waals surface area contributed by atoms with Gasteiger partial charge in [0.25, 0.3) is 0 Å². The second-order valence-electron chi connectivity index (χ2n) is 12.6. The van der Waals surface area contributed by atoms with Crippen molar-refractivity contribution in [2.24, 2.45) is 0 Å². The van der Waals surface area contributed by atoms with Gasteiger partial charge in [0.2, 0.25) is 0 Å². The monoisotopic (exact) mass is 834 g/mol. The van der Waals surface area contributed by atoms with Gasteiger partial charge in [0.05, 0.1) is 16.6 Å². The molecule has 2 aliphatic carbocycles. The van der Waals surface area contributed by atoms with Crippen LogP contribution in [0, 0.1) is 43.3 Å². The molecule has 6 aromatic carbocycles. The van der Waals surface area contributed by atoms with Gasteiger partial charge in [-0.2, -0.15) is 18.2 Å². The third-order valence-corrected chi connectivity index (χ3v) is 10.3. The molecule has 4 bridgehead atoms. The Morgan fingerprint density at radius 2 is 1.40 bits per heavy atom. The molecule has 0 unspecified atom stereocenters. The fourth-order valence-corrected chi connectivity index (χ4v) is 8.44. The second-order valence-corrected chi connectivity index (χ2v) is 12.6. The Bertz CT molecular complexity index is 2480. The number of nitrogens with zero attached hydrogens (tertiary/aromatic N) is 2. The molecule has 7 aromatic rings. The van der Waals surface area contributed by atoms with Crippen molar-refractivity contribution in [2.75, 3.05) is 0 Å². The Morgan fingerprint density at radius 1 is 0.688 bits per heavy atom. The van der Waals surface area contributed by atoms with Gasteiger partial charge in [-0.05, 0) is 62.2 Å². The van der Waals surface area contributed by atoms with Crippen LogP contribution in [0.1, 0.15) is 40.3 Å². The number of hydrogen-bond donors (Lipinski definition) is 0. The number of fused-ring (bicyclic) bond motifs is 15. The smallest absolute Gasteiger partial charge is 0.239 e. The summed E-state index contributed by atoms with van der Waals surface area (Å²) in [6, 6.07) is 50.0. The van der Waals surface area contributed by atoms with Gasteiger partial charge in [-0.3, -0.25) is 0 Å². The van der Waals surface area contributed by atoms with Crippen molar-refractivity contribution in [1.29, 1.82) is 0 Å². The maximum atomic E-state index is 5.34. The maximum Gasteiger partial charge on any atom is 2.00 e. The van der Waals surface area contributed by atoms with Gasteiger partial charge in [-0.25, -0.2) is 33.2 Å². The van der Waals surface area contributed by atoms with E-state index in [1.807, 2.05) is 31.2 Å². The summed E-state index contributed by atoms with van der Waals surface area (Å²) in [5.41, 5.74) is 17.4. The van der Waals surface area contributed by atoms with Crippen molar-refractivity contribution in [1.82, 2.24) is 9.97 Å². The average Bonchev–Trinajstić information content (AvgIpc) is 3.60. The van der Waals surface area contributed by atoms with Crippen molar-refractivity contribution < 1.29 is 31.1 Å². The molecule has 0 fully saturated rings. The van der Waals surface area contributed by atoms with E-state index in [1.54, 1.807) is 0 Å². The molecular weight excluding hydrogens is 807 g/mol. The molecule has 0 amide bonds. The molecule has 2 nitrogen and oxygen atoms in total. The predicted molar refractivity (Wildman–Crippen MR) is 191 cm³/mol. The van der Waals surface area contributed by atoms with Gasteiger partial charge < -0.3 is 0 Å².